The minimum absolute atomic E-state index is 0.0259. The molecule has 0 saturated heterocycles. The van der Waals surface area contributed by atoms with E-state index in [4.69, 9.17) is 0 Å². The molecule has 1 aliphatic heterocycles. The van der Waals surface area contributed by atoms with Gasteiger partial charge in [0.05, 0.1) is 12.1 Å². The summed E-state index contributed by atoms with van der Waals surface area (Å²) in [5, 5.41) is 2.81. The molecule has 0 unspecified atom stereocenters. The Morgan fingerprint density at radius 3 is 2.48 bits per heavy atom. The molecule has 0 aliphatic carbocycles. The third kappa shape index (κ3) is 5.60. The summed E-state index contributed by atoms with van der Waals surface area (Å²) >= 11 is 1.75. The summed E-state index contributed by atoms with van der Waals surface area (Å²) in [6, 6.07) is 15.0. The minimum Gasteiger partial charge on any atom is -0.349 e. The molecule has 0 bridgehead atoms. The summed E-state index contributed by atoms with van der Waals surface area (Å²) in [7, 11) is 3.44. The molecular weight excluding hydrogens is 386 g/mol. The molecule has 6 nitrogen and oxygen atoms in total. The fourth-order valence-electron chi connectivity index (χ4n) is 3.05. The number of thioether (sulfide) groups is 1. The molecule has 1 heterocycles. The number of rotatable bonds is 6. The van der Waals surface area contributed by atoms with E-state index in [9.17, 15) is 14.4 Å². The van der Waals surface area contributed by atoms with Gasteiger partial charge in [-0.05, 0) is 29.8 Å². The molecule has 3 amide bonds. The average molecular weight is 412 g/mol. The first-order valence-electron chi connectivity index (χ1n) is 9.55. The highest BCUT2D eigenvalue weighted by molar-refractivity contribution is 7.99. The summed E-state index contributed by atoms with van der Waals surface area (Å²) in [4.78, 5) is 41.0. The quantitative estimate of drug-likeness (QED) is 0.793. The van der Waals surface area contributed by atoms with Crippen molar-refractivity contribution in [1.82, 2.24) is 4.90 Å². The number of nitrogens with one attached hydrogen (secondary N) is 1. The van der Waals surface area contributed by atoms with E-state index in [0.717, 1.165) is 21.9 Å². The lowest BCUT2D eigenvalue weighted by molar-refractivity contribution is -0.128. The summed E-state index contributed by atoms with van der Waals surface area (Å²) in [6.07, 6.45) is 0.622. The van der Waals surface area contributed by atoms with Gasteiger partial charge in [0.25, 0.3) is 0 Å². The van der Waals surface area contributed by atoms with Crippen LogP contribution in [0.25, 0.3) is 0 Å². The van der Waals surface area contributed by atoms with Crippen molar-refractivity contribution in [2.75, 3.05) is 36.6 Å². The van der Waals surface area contributed by atoms with Crippen LogP contribution < -0.4 is 10.2 Å². The Morgan fingerprint density at radius 1 is 1.03 bits per heavy atom. The average Bonchev–Trinajstić information content (AvgIpc) is 2.73. The molecule has 0 saturated carbocycles. The molecule has 0 aromatic heterocycles. The number of nitrogens with zero attached hydrogens (tertiary/aromatic N) is 2. The maximum Gasteiger partial charge on any atom is 0.227 e. The molecule has 0 fully saturated rings. The first-order chi connectivity index (χ1) is 13.9. The summed E-state index contributed by atoms with van der Waals surface area (Å²) < 4.78 is 0. The minimum atomic E-state index is -0.199. The first kappa shape index (κ1) is 20.9. The van der Waals surface area contributed by atoms with Crippen molar-refractivity contribution in [3.63, 3.8) is 0 Å². The van der Waals surface area contributed by atoms with Gasteiger partial charge in [-0.15, -0.1) is 11.8 Å². The Bertz CT molecular complexity index is 896. The van der Waals surface area contributed by atoms with Crippen molar-refractivity contribution >= 4 is 40.9 Å². The Labute approximate surface area is 175 Å². The molecule has 152 valence electrons. The van der Waals surface area contributed by atoms with Crippen LogP contribution in [-0.2, 0) is 20.8 Å². The van der Waals surface area contributed by atoms with Crippen LogP contribution >= 0.6 is 11.8 Å². The molecule has 0 spiro atoms. The van der Waals surface area contributed by atoms with E-state index < -0.39 is 0 Å². The van der Waals surface area contributed by atoms with Crippen LogP contribution in [0.3, 0.4) is 0 Å². The van der Waals surface area contributed by atoms with E-state index in [1.54, 1.807) is 47.8 Å². The van der Waals surface area contributed by atoms with Gasteiger partial charge in [0.2, 0.25) is 17.7 Å². The van der Waals surface area contributed by atoms with E-state index in [2.05, 4.69) is 5.32 Å². The Balaban J connectivity index is 1.50. The number of hydrogen-bond donors (Lipinski definition) is 1. The number of carbonyl (C=O) groups is 3. The van der Waals surface area contributed by atoms with Crippen LogP contribution in [0.15, 0.2) is 53.4 Å². The van der Waals surface area contributed by atoms with Crippen LogP contribution in [0.1, 0.15) is 18.4 Å². The van der Waals surface area contributed by atoms with Gasteiger partial charge in [0.1, 0.15) is 0 Å². The number of carbonyl (C=O) groups excluding carboxylic acids is 3. The van der Waals surface area contributed by atoms with Gasteiger partial charge < -0.3 is 15.1 Å². The lowest BCUT2D eigenvalue weighted by Gasteiger charge is -2.29. The van der Waals surface area contributed by atoms with E-state index >= 15 is 0 Å². The maximum atomic E-state index is 12.6. The van der Waals surface area contributed by atoms with Crippen molar-refractivity contribution in [3.8, 4) is 0 Å². The summed E-state index contributed by atoms with van der Waals surface area (Å²) in [6.45, 7) is 0.662. The highest BCUT2D eigenvalue weighted by Crippen LogP contribution is 2.34. The van der Waals surface area contributed by atoms with Gasteiger partial charge in [0, 0.05) is 49.8 Å². The van der Waals surface area contributed by atoms with E-state index in [1.807, 2.05) is 36.4 Å². The van der Waals surface area contributed by atoms with Crippen molar-refractivity contribution in [3.05, 3.63) is 54.1 Å². The molecule has 2 aromatic rings. The fraction of sp³-hybridized carbons (Fsp3) is 0.318. The third-order valence-corrected chi connectivity index (χ3v) is 5.73. The van der Waals surface area contributed by atoms with Crippen molar-refractivity contribution < 1.29 is 14.4 Å². The number of anilines is 2. The molecule has 1 N–H and O–H groups in total. The van der Waals surface area contributed by atoms with Crippen molar-refractivity contribution in [2.45, 2.75) is 24.2 Å². The van der Waals surface area contributed by atoms with Crippen molar-refractivity contribution in [2.24, 2.45) is 0 Å². The molecular formula is C22H25N3O3S. The van der Waals surface area contributed by atoms with E-state index in [1.165, 1.54) is 0 Å². The van der Waals surface area contributed by atoms with Crippen LogP contribution in [0.2, 0.25) is 0 Å². The smallest absolute Gasteiger partial charge is 0.227 e. The zero-order valence-corrected chi connectivity index (χ0v) is 17.5. The number of amides is 3. The van der Waals surface area contributed by atoms with Crippen LogP contribution in [-0.4, -0.2) is 49.0 Å². The summed E-state index contributed by atoms with van der Waals surface area (Å²) in [5.41, 5.74) is 2.47. The monoisotopic (exact) mass is 411 g/mol. The topological polar surface area (TPSA) is 69.7 Å². The zero-order valence-electron chi connectivity index (χ0n) is 16.7. The van der Waals surface area contributed by atoms with Gasteiger partial charge >= 0.3 is 0 Å². The normalized spacial score (nSPS) is 12.8. The fourth-order valence-corrected chi connectivity index (χ4v) is 4.04. The van der Waals surface area contributed by atoms with Gasteiger partial charge in [-0.2, -0.15) is 0 Å². The number of likely N-dealkylation sites (N-methyl/N-ethyl adjacent to an activating group) is 1. The molecule has 0 atom stereocenters. The molecule has 29 heavy (non-hydrogen) atoms. The second kappa shape index (κ2) is 9.60. The Hall–Kier alpha value is -2.80. The molecule has 0 radical (unpaired) electrons. The lowest BCUT2D eigenvalue weighted by Crippen LogP contribution is -2.35. The van der Waals surface area contributed by atoms with Gasteiger partial charge in [-0.3, -0.25) is 14.4 Å². The number of para-hydroxylation sites is 1. The Morgan fingerprint density at radius 2 is 1.76 bits per heavy atom. The highest BCUT2D eigenvalue weighted by Gasteiger charge is 2.22. The standard InChI is InChI=1S/C22H25N3O3S/c1-24(2)22(28)15-16-7-9-17(10-8-16)23-20(26)11-12-21(27)25-13-14-29-19-6-4-3-5-18(19)25/h3-10H,11-15H2,1-2H3,(H,23,26). The number of hydrogen-bond acceptors (Lipinski definition) is 4. The second-order valence-electron chi connectivity index (χ2n) is 7.07. The predicted octanol–water partition coefficient (Wildman–Crippen LogP) is 3.17. The van der Waals surface area contributed by atoms with Gasteiger partial charge in [-0.1, -0.05) is 24.3 Å². The molecule has 2 aromatic carbocycles. The Kier molecular flexibility index (Phi) is 6.93. The number of fused-ring (bicyclic) bond motifs is 1. The zero-order chi connectivity index (χ0) is 20.8. The lowest BCUT2D eigenvalue weighted by atomic mass is 10.1. The SMILES string of the molecule is CN(C)C(=O)Cc1ccc(NC(=O)CCC(=O)N2CCSc3ccccc32)cc1. The van der Waals surface area contributed by atoms with Crippen molar-refractivity contribution in [1.29, 1.82) is 0 Å². The van der Waals surface area contributed by atoms with Crippen LogP contribution in [0.4, 0.5) is 11.4 Å². The molecule has 1 aliphatic rings. The second-order valence-corrected chi connectivity index (χ2v) is 8.21. The van der Waals surface area contributed by atoms with Gasteiger partial charge in [0.15, 0.2) is 0 Å². The molecule has 3 rings (SSSR count). The van der Waals surface area contributed by atoms with E-state index in [0.29, 0.717) is 18.7 Å². The molecule has 7 heteroatoms. The predicted molar refractivity (Wildman–Crippen MR) is 116 cm³/mol. The van der Waals surface area contributed by atoms with Gasteiger partial charge in [-0.25, -0.2) is 0 Å². The summed E-state index contributed by atoms with van der Waals surface area (Å²) in [5.74, 6) is 0.649. The maximum absolute atomic E-state index is 12.6. The largest absolute Gasteiger partial charge is 0.349 e. The number of benzene rings is 2. The highest BCUT2D eigenvalue weighted by atomic mass is 32.2. The third-order valence-electron chi connectivity index (χ3n) is 4.69. The van der Waals surface area contributed by atoms with Crippen LogP contribution in [0.5, 0.6) is 0 Å². The first-order valence-corrected chi connectivity index (χ1v) is 10.5. The van der Waals surface area contributed by atoms with Crippen LogP contribution in [0, 0.1) is 0 Å². The van der Waals surface area contributed by atoms with E-state index in [-0.39, 0.29) is 30.6 Å².